The molecule has 0 spiro atoms. The smallest absolute Gasteiger partial charge is 0.271 e. The summed E-state index contributed by atoms with van der Waals surface area (Å²) in [5.74, 6) is 0.707. The molecule has 4 nitrogen and oxygen atoms in total. The van der Waals surface area contributed by atoms with Crippen LogP contribution in [0.25, 0.3) is 0 Å². The number of anilines is 1. The third kappa shape index (κ3) is 4.10. The quantitative estimate of drug-likeness (QED) is 0.872. The number of pyridine rings is 1. The van der Waals surface area contributed by atoms with Crippen molar-refractivity contribution in [1.29, 1.82) is 0 Å². The van der Waals surface area contributed by atoms with Crippen LogP contribution in [0.4, 0.5) is 5.82 Å². The number of rotatable bonds is 5. The molecule has 1 heterocycles. The summed E-state index contributed by atoms with van der Waals surface area (Å²) >= 11 is 6.03. The number of aromatic nitrogens is 1. The Balaban J connectivity index is 2.03. The molecule has 0 aliphatic heterocycles. The summed E-state index contributed by atoms with van der Waals surface area (Å²) in [4.78, 5) is 16.3. The van der Waals surface area contributed by atoms with E-state index in [-0.39, 0.29) is 17.0 Å². The molecule has 1 aliphatic rings. The molecule has 0 unspecified atom stereocenters. The molecular weight excluding hydrogens is 286 g/mol. The lowest BCUT2D eigenvalue weighted by Crippen LogP contribution is -2.37. The van der Waals surface area contributed by atoms with Crippen LogP contribution in [0.2, 0.25) is 5.02 Å². The van der Waals surface area contributed by atoms with Crippen molar-refractivity contribution in [2.24, 2.45) is 11.3 Å². The fraction of sp³-hybridized carbons (Fsp3) is 0.625. The highest BCUT2D eigenvalue weighted by Gasteiger charge is 2.34. The summed E-state index contributed by atoms with van der Waals surface area (Å²) in [5, 5.41) is 3.35. The number of hydrogen-bond acceptors (Lipinski definition) is 3. The molecular formula is C16H24ClN3O. The lowest BCUT2D eigenvalue weighted by Gasteiger charge is -2.31. The molecule has 1 fully saturated rings. The van der Waals surface area contributed by atoms with Crippen molar-refractivity contribution in [3.63, 3.8) is 0 Å². The molecule has 21 heavy (non-hydrogen) atoms. The zero-order valence-electron chi connectivity index (χ0n) is 12.8. The van der Waals surface area contributed by atoms with Crippen LogP contribution in [-0.4, -0.2) is 17.4 Å². The SMILES string of the molecule is CC(C)CC1(CNC(=O)c2nc(N)ccc2Cl)CCCC1. The molecule has 1 aliphatic carbocycles. The average molecular weight is 310 g/mol. The van der Waals surface area contributed by atoms with E-state index < -0.39 is 0 Å². The van der Waals surface area contributed by atoms with Crippen molar-refractivity contribution in [2.75, 3.05) is 12.3 Å². The van der Waals surface area contributed by atoms with Gasteiger partial charge >= 0.3 is 0 Å². The minimum atomic E-state index is -0.234. The Labute approximate surface area is 131 Å². The number of nitrogens with zero attached hydrogens (tertiary/aromatic N) is 1. The summed E-state index contributed by atoms with van der Waals surface area (Å²) in [6.45, 7) is 5.16. The summed E-state index contributed by atoms with van der Waals surface area (Å²) in [6, 6.07) is 3.20. The van der Waals surface area contributed by atoms with Crippen LogP contribution >= 0.6 is 11.6 Å². The molecule has 1 saturated carbocycles. The molecule has 3 N–H and O–H groups in total. The van der Waals surface area contributed by atoms with Gasteiger partial charge in [-0.2, -0.15) is 0 Å². The summed E-state index contributed by atoms with van der Waals surface area (Å²) < 4.78 is 0. The predicted octanol–water partition coefficient (Wildman–Crippen LogP) is 3.65. The summed E-state index contributed by atoms with van der Waals surface area (Å²) in [5.41, 5.74) is 6.08. The standard InChI is InChI=1S/C16H24ClN3O/c1-11(2)9-16(7-3-4-8-16)10-19-15(21)14-12(17)5-6-13(18)20-14/h5-6,11H,3-4,7-10H2,1-2H3,(H2,18,20)(H,19,21). The highest BCUT2D eigenvalue weighted by atomic mass is 35.5. The van der Waals surface area contributed by atoms with Crippen LogP contribution in [-0.2, 0) is 0 Å². The first-order valence-electron chi connectivity index (χ1n) is 7.62. The maximum absolute atomic E-state index is 12.3. The second-order valence-electron chi connectivity index (χ2n) is 6.55. The molecule has 1 aromatic heterocycles. The maximum atomic E-state index is 12.3. The summed E-state index contributed by atoms with van der Waals surface area (Å²) in [7, 11) is 0. The maximum Gasteiger partial charge on any atom is 0.271 e. The van der Waals surface area contributed by atoms with Gasteiger partial charge in [0.05, 0.1) is 5.02 Å². The van der Waals surface area contributed by atoms with Gasteiger partial charge in [0.2, 0.25) is 0 Å². The average Bonchev–Trinajstić information content (AvgIpc) is 2.87. The van der Waals surface area contributed by atoms with E-state index in [4.69, 9.17) is 17.3 Å². The molecule has 1 aromatic rings. The molecule has 0 radical (unpaired) electrons. The van der Waals surface area contributed by atoms with Crippen molar-refractivity contribution >= 4 is 23.3 Å². The first kappa shape index (κ1) is 16.1. The van der Waals surface area contributed by atoms with Crippen LogP contribution < -0.4 is 11.1 Å². The number of nitrogens with two attached hydrogens (primary N) is 1. The third-order valence-corrected chi connectivity index (χ3v) is 4.52. The van der Waals surface area contributed by atoms with Gasteiger partial charge < -0.3 is 11.1 Å². The Kier molecular flexibility index (Phi) is 5.09. The first-order valence-corrected chi connectivity index (χ1v) is 8.00. The van der Waals surface area contributed by atoms with Gasteiger partial charge in [0.25, 0.3) is 5.91 Å². The molecule has 0 aromatic carbocycles. The van der Waals surface area contributed by atoms with Gasteiger partial charge in [-0.25, -0.2) is 4.98 Å². The zero-order chi connectivity index (χ0) is 15.5. The number of halogens is 1. The minimum absolute atomic E-state index is 0.217. The largest absolute Gasteiger partial charge is 0.384 e. The fourth-order valence-corrected chi connectivity index (χ4v) is 3.60. The van der Waals surface area contributed by atoms with Crippen LogP contribution in [0.5, 0.6) is 0 Å². The van der Waals surface area contributed by atoms with Gasteiger partial charge in [-0.05, 0) is 42.7 Å². The molecule has 2 rings (SSSR count). The van der Waals surface area contributed by atoms with E-state index in [0.29, 0.717) is 23.3 Å². The number of carbonyl (C=O) groups is 1. The van der Waals surface area contributed by atoms with E-state index in [1.807, 2.05) is 0 Å². The van der Waals surface area contributed by atoms with E-state index in [1.165, 1.54) is 25.7 Å². The monoisotopic (exact) mass is 309 g/mol. The number of hydrogen-bond donors (Lipinski definition) is 2. The molecule has 0 saturated heterocycles. The predicted molar refractivity (Wildman–Crippen MR) is 86.3 cm³/mol. The van der Waals surface area contributed by atoms with E-state index in [9.17, 15) is 4.79 Å². The lowest BCUT2D eigenvalue weighted by molar-refractivity contribution is 0.0917. The van der Waals surface area contributed by atoms with E-state index >= 15 is 0 Å². The van der Waals surface area contributed by atoms with Gasteiger partial charge in [0, 0.05) is 6.54 Å². The van der Waals surface area contributed by atoms with Crippen molar-refractivity contribution in [3.05, 3.63) is 22.8 Å². The van der Waals surface area contributed by atoms with Crippen molar-refractivity contribution < 1.29 is 4.79 Å². The normalized spacial score (nSPS) is 17.1. The topological polar surface area (TPSA) is 68.0 Å². The van der Waals surface area contributed by atoms with Crippen molar-refractivity contribution in [1.82, 2.24) is 10.3 Å². The Morgan fingerprint density at radius 2 is 2.10 bits per heavy atom. The lowest BCUT2D eigenvalue weighted by atomic mass is 9.78. The Morgan fingerprint density at radius 1 is 1.43 bits per heavy atom. The zero-order valence-corrected chi connectivity index (χ0v) is 13.5. The Hall–Kier alpha value is -1.29. The second kappa shape index (κ2) is 6.65. The fourth-order valence-electron chi connectivity index (χ4n) is 3.41. The van der Waals surface area contributed by atoms with E-state index in [1.54, 1.807) is 12.1 Å². The van der Waals surface area contributed by atoms with Crippen LogP contribution in [0, 0.1) is 11.3 Å². The highest BCUT2D eigenvalue weighted by Crippen LogP contribution is 2.42. The van der Waals surface area contributed by atoms with Gasteiger partial charge in [-0.3, -0.25) is 4.79 Å². The molecule has 5 heteroatoms. The van der Waals surface area contributed by atoms with Crippen LogP contribution in [0.15, 0.2) is 12.1 Å². The van der Waals surface area contributed by atoms with Gasteiger partial charge in [-0.1, -0.05) is 38.3 Å². The van der Waals surface area contributed by atoms with E-state index in [2.05, 4.69) is 24.1 Å². The van der Waals surface area contributed by atoms with Gasteiger partial charge in [-0.15, -0.1) is 0 Å². The van der Waals surface area contributed by atoms with Crippen LogP contribution in [0.1, 0.15) is 56.4 Å². The number of nitrogens with one attached hydrogen (secondary N) is 1. The van der Waals surface area contributed by atoms with Gasteiger partial charge in [0.1, 0.15) is 11.5 Å². The Bertz CT molecular complexity index is 510. The van der Waals surface area contributed by atoms with E-state index in [0.717, 1.165) is 6.42 Å². The molecule has 1 amide bonds. The number of nitrogen functional groups attached to an aromatic ring is 1. The minimum Gasteiger partial charge on any atom is -0.384 e. The van der Waals surface area contributed by atoms with Crippen molar-refractivity contribution in [3.8, 4) is 0 Å². The molecule has 116 valence electrons. The molecule has 0 bridgehead atoms. The highest BCUT2D eigenvalue weighted by molar-refractivity contribution is 6.33. The molecule has 0 atom stereocenters. The number of carbonyl (C=O) groups excluding carboxylic acids is 1. The van der Waals surface area contributed by atoms with Crippen LogP contribution in [0.3, 0.4) is 0 Å². The van der Waals surface area contributed by atoms with Crippen molar-refractivity contribution in [2.45, 2.75) is 46.0 Å². The number of amides is 1. The Morgan fingerprint density at radius 3 is 2.71 bits per heavy atom. The third-order valence-electron chi connectivity index (χ3n) is 4.21. The first-order chi connectivity index (χ1) is 9.92. The second-order valence-corrected chi connectivity index (χ2v) is 6.96. The van der Waals surface area contributed by atoms with Gasteiger partial charge in [0.15, 0.2) is 0 Å². The summed E-state index contributed by atoms with van der Waals surface area (Å²) in [6.07, 6.45) is 6.01.